The summed E-state index contributed by atoms with van der Waals surface area (Å²) in [5, 5.41) is 9.37. The van der Waals surface area contributed by atoms with Crippen molar-refractivity contribution in [3.8, 4) is 0 Å². The van der Waals surface area contributed by atoms with E-state index >= 15 is 0 Å². The largest absolute Gasteiger partial charge is 0.478 e. The SMILES string of the molecule is CN(CCOCC1CC1)c1cc(Cl)ccc1/C=C/C(=O)O. The smallest absolute Gasteiger partial charge is 0.328 e. The number of carboxylic acids is 1. The first kappa shape index (κ1) is 15.9. The molecule has 1 aliphatic rings. The first-order chi connectivity index (χ1) is 10.1. The fraction of sp³-hybridized carbons (Fsp3) is 0.438. The fourth-order valence-corrected chi connectivity index (χ4v) is 2.17. The zero-order valence-corrected chi connectivity index (χ0v) is 12.8. The van der Waals surface area contributed by atoms with Gasteiger partial charge in [-0.05, 0) is 42.5 Å². The lowest BCUT2D eigenvalue weighted by molar-refractivity contribution is -0.131. The molecule has 1 aromatic carbocycles. The van der Waals surface area contributed by atoms with E-state index in [1.165, 1.54) is 12.8 Å². The Balaban J connectivity index is 1.97. The topological polar surface area (TPSA) is 49.8 Å². The van der Waals surface area contributed by atoms with Gasteiger partial charge in [0.2, 0.25) is 0 Å². The van der Waals surface area contributed by atoms with Crippen LogP contribution in [0, 0.1) is 5.92 Å². The molecular weight excluding hydrogens is 290 g/mol. The van der Waals surface area contributed by atoms with E-state index in [4.69, 9.17) is 21.4 Å². The third-order valence-electron chi connectivity index (χ3n) is 3.43. The van der Waals surface area contributed by atoms with E-state index in [1.54, 1.807) is 12.1 Å². The average Bonchev–Trinajstić information content (AvgIpc) is 3.26. The number of nitrogens with zero attached hydrogens (tertiary/aromatic N) is 1. The number of ether oxygens (including phenoxy) is 1. The molecule has 0 atom stereocenters. The molecule has 0 saturated heterocycles. The third-order valence-corrected chi connectivity index (χ3v) is 3.67. The Morgan fingerprint density at radius 2 is 2.29 bits per heavy atom. The van der Waals surface area contributed by atoms with Crippen LogP contribution in [0.2, 0.25) is 5.02 Å². The maximum absolute atomic E-state index is 10.7. The Labute approximate surface area is 130 Å². The number of hydrogen-bond acceptors (Lipinski definition) is 3. The summed E-state index contributed by atoms with van der Waals surface area (Å²) in [6, 6.07) is 5.41. The van der Waals surface area contributed by atoms with Crippen molar-refractivity contribution in [1.82, 2.24) is 0 Å². The van der Waals surface area contributed by atoms with E-state index in [2.05, 4.69) is 0 Å². The number of halogens is 1. The van der Waals surface area contributed by atoms with Crippen LogP contribution in [0.1, 0.15) is 18.4 Å². The van der Waals surface area contributed by atoms with E-state index in [-0.39, 0.29) is 0 Å². The normalized spacial score (nSPS) is 14.6. The van der Waals surface area contributed by atoms with Crippen LogP contribution in [0.25, 0.3) is 6.08 Å². The molecule has 1 fully saturated rings. The average molecular weight is 310 g/mol. The number of rotatable bonds is 8. The van der Waals surface area contributed by atoms with Gasteiger partial charge in [-0.2, -0.15) is 0 Å². The fourth-order valence-electron chi connectivity index (χ4n) is 2.01. The molecule has 0 amide bonds. The minimum absolute atomic E-state index is 0.628. The molecular formula is C16H20ClNO3. The Hall–Kier alpha value is -1.52. The lowest BCUT2D eigenvalue weighted by atomic mass is 10.1. The second-order valence-corrected chi connectivity index (χ2v) is 5.75. The van der Waals surface area contributed by atoms with Gasteiger partial charge in [0.25, 0.3) is 0 Å². The van der Waals surface area contributed by atoms with Crippen molar-refractivity contribution in [1.29, 1.82) is 0 Å². The monoisotopic (exact) mass is 309 g/mol. The summed E-state index contributed by atoms with van der Waals surface area (Å²) >= 11 is 6.04. The van der Waals surface area contributed by atoms with Gasteiger partial charge in [0.05, 0.1) is 6.61 Å². The second-order valence-electron chi connectivity index (χ2n) is 5.31. The van der Waals surface area contributed by atoms with Crippen LogP contribution in [0.4, 0.5) is 5.69 Å². The third kappa shape index (κ3) is 5.40. The molecule has 0 unspecified atom stereocenters. The standard InChI is InChI=1S/C16H20ClNO3/c1-18(8-9-21-11-12-2-3-12)15-10-14(17)6-4-13(15)5-7-16(19)20/h4-7,10,12H,2-3,8-9,11H2,1H3,(H,19,20)/b7-5+. The molecule has 1 saturated carbocycles. The highest BCUT2D eigenvalue weighted by Crippen LogP contribution is 2.29. The molecule has 0 heterocycles. The number of anilines is 1. The maximum atomic E-state index is 10.7. The lowest BCUT2D eigenvalue weighted by Gasteiger charge is -2.21. The summed E-state index contributed by atoms with van der Waals surface area (Å²) in [4.78, 5) is 12.7. The molecule has 1 aromatic rings. The molecule has 4 nitrogen and oxygen atoms in total. The molecule has 0 aliphatic heterocycles. The van der Waals surface area contributed by atoms with Gasteiger partial charge in [-0.1, -0.05) is 17.7 Å². The number of carboxylic acid groups (broad SMARTS) is 1. The van der Waals surface area contributed by atoms with Gasteiger partial charge in [0.1, 0.15) is 0 Å². The van der Waals surface area contributed by atoms with Gasteiger partial charge < -0.3 is 14.7 Å². The Morgan fingerprint density at radius 3 is 2.95 bits per heavy atom. The molecule has 2 rings (SSSR count). The van der Waals surface area contributed by atoms with Crippen molar-refractivity contribution in [2.75, 3.05) is 31.7 Å². The summed E-state index contributed by atoms with van der Waals surface area (Å²) in [5.41, 5.74) is 1.72. The van der Waals surface area contributed by atoms with E-state index in [0.29, 0.717) is 11.6 Å². The minimum Gasteiger partial charge on any atom is -0.478 e. The number of carbonyl (C=O) groups is 1. The van der Waals surface area contributed by atoms with E-state index in [1.807, 2.05) is 24.1 Å². The number of hydrogen-bond donors (Lipinski definition) is 1. The van der Waals surface area contributed by atoms with Crippen molar-refractivity contribution in [3.05, 3.63) is 34.9 Å². The minimum atomic E-state index is -0.966. The predicted molar refractivity (Wildman–Crippen MR) is 84.9 cm³/mol. The van der Waals surface area contributed by atoms with Crippen LogP contribution in [0.3, 0.4) is 0 Å². The predicted octanol–water partition coefficient (Wildman–Crippen LogP) is 3.30. The van der Waals surface area contributed by atoms with Gasteiger partial charge in [-0.25, -0.2) is 4.79 Å². The Kier molecular flexibility index (Phi) is 5.65. The van der Waals surface area contributed by atoms with Crippen LogP contribution in [0.5, 0.6) is 0 Å². The van der Waals surface area contributed by atoms with Crippen molar-refractivity contribution in [2.45, 2.75) is 12.8 Å². The summed E-state index contributed by atoms with van der Waals surface area (Å²) in [5.74, 6) is -0.207. The summed E-state index contributed by atoms with van der Waals surface area (Å²) in [6.07, 6.45) is 5.28. The molecule has 0 spiro atoms. The summed E-state index contributed by atoms with van der Waals surface area (Å²) < 4.78 is 5.63. The summed E-state index contributed by atoms with van der Waals surface area (Å²) in [7, 11) is 1.95. The first-order valence-corrected chi connectivity index (χ1v) is 7.43. The highest BCUT2D eigenvalue weighted by Gasteiger charge is 2.21. The van der Waals surface area contributed by atoms with E-state index in [9.17, 15) is 4.79 Å². The zero-order chi connectivity index (χ0) is 15.2. The molecule has 1 aliphatic carbocycles. The van der Waals surface area contributed by atoms with Crippen LogP contribution < -0.4 is 4.90 Å². The molecule has 0 radical (unpaired) electrons. The van der Waals surface area contributed by atoms with Gasteiger partial charge in [0, 0.05) is 37.0 Å². The number of likely N-dealkylation sites (N-methyl/N-ethyl adjacent to an activating group) is 1. The molecule has 0 bridgehead atoms. The van der Waals surface area contributed by atoms with Crippen molar-refractivity contribution >= 4 is 29.3 Å². The van der Waals surface area contributed by atoms with Crippen LogP contribution in [-0.2, 0) is 9.53 Å². The molecule has 21 heavy (non-hydrogen) atoms. The van der Waals surface area contributed by atoms with E-state index in [0.717, 1.165) is 36.4 Å². The summed E-state index contributed by atoms with van der Waals surface area (Å²) in [6.45, 7) is 2.23. The van der Waals surface area contributed by atoms with Crippen molar-refractivity contribution in [3.63, 3.8) is 0 Å². The van der Waals surface area contributed by atoms with Gasteiger partial charge in [0.15, 0.2) is 0 Å². The molecule has 1 N–H and O–H groups in total. The first-order valence-electron chi connectivity index (χ1n) is 7.05. The van der Waals surface area contributed by atoms with Crippen LogP contribution in [0.15, 0.2) is 24.3 Å². The van der Waals surface area contributed by atoms with Crippen molar-refractivity contribution < 1.29 is 14.6 Å². The number of aliphatic carboxylic acids is 1. The zero-order valence-electron chi connectivity index (χ0n) is 12.1. The van der Waals surface area contributed by atoms with Crippen molar-refractivity contribution in [2.24, 2.45) is 5.92 Å². The highest BCUT2D eigenvalue weighted by atomic mass is 35.5. The lowest BCUT2D eigenvalue weighted by Crippen LogP contribution is -2.23. The molecule has 5 heteroatoms. The molecule has 114 valence electrons. The van der Waals surface area contributed by atoms with Gasteiger partial charge in [-0.15, -0.1) is 0 Å². The number of benzene rings is 1. The van der Waals surface area contributed by atoms with Crippen LogP contribution >= 0.6 is 11.6 Å². The van der Waals surface area contributed by atoms with Gasteiger partial charge >= 0.3 is 5.97 Å². The Morgan fingerprint density at radius 1 is 1.52 bits per heavy atom. The quantitative estimate of drug-likeness (QED) is 0.591. The van der Waals surface area contributed by atoms with E-state index < -0.39 is 5.97 Å². The second kappa shape index (κ2) is 7.48. The van der Waals surface area contributed by atoms with Gasteiger partial charge in [-0.3, -0.25) is 0 Å². The molecule has 0 aromatic heterocycles. The van der Waals surface area contributed by atoms with Crippen LogP contribution in [-0.4, -0.2) is 37.9 Å². The highest BCUT2D eigenvalue weighted by molar-refractivity contribution is 6.31. The maximum Gasteiger partial charge on any atom is 0.328 e. The Bertz CT molecular complexity index is 526.